The second-order valence-corrected chi connectivity index (χ2v) is 8.00. The molecule has 3 heterocycles. The number of nitrogens with one attached hydrogen (secondary N) is 1. The van der Waals surface area contributed by atoms with Crippen LogP contribution in [0.1, 0.15) is 41.7 Å². The number of rotatable bonds is 5. The Hall–Kier alpha value is -2.77. The molecule has 7 heteroatoms. The molecule has 7 nitrogen and oxygen atoms in total. The van der Waals surface area contributed by atoms with E-state index in [0.717, 1.165) is 12.1 Å². The predicted molar refractivity (Wildman–Crippen MR) is 116 cm³/mol. The Morgan fingerprint density at radius 1 is 1.33 bits per heavy atom. The number of fused-ring (bicyclic) bond motifs is 1. The maximum absolute atomic E-state index is 13.5. The van der Waals surface area contributed by atoms with Crippen LogP contribution in [0.5, 0.6) is 0 Å². The van der Waals surface area contributed by atoms with Crippen molar-refractivity contribution in [3.8, 4) is 0 Å². The summed E-state index contributed by atoms with van der Waals surface area (Å²) in [6.07, 6.45) is 3.36. The molecular formula is C23H29N5O2. The summed E-state index contributed by atoms with van der Waals surface area (Å²) in [6, 6.07) is 10.1. The monoisotopic (exact) mass is 407 g/mol. The van der Waals surface area contributed by atoms with E-state index < -0.39 is 0 Å². The first-order valence-corrected chi connectivity index (χ1v) is 10.5. The molecule has 0 bridgehead atoms. The molecule has 1 N–H and O–H groups in total. The molecule has 1 fully saturated rings. The fraction of sp³-hybridized carbons (Fsp3) is 0.435. The van der Waals surface area contributed by atoms with Gasteiger partial charge < -0.3 is 19.9 Å². The van der Waals surface area contributed by atoms with Crippen molar-refractivity contribution in [3.63, 3.8) is 0 Å². The first-order valence-electron chi connectivity index (χ1n) is 10.5. The van der Waals surface area contributed by atoms with Crippen LogP contribution in [-0.2, 0) is 11.3 Å². The van der Waals surface area contributed by atoms with Gasteiger partial charge in [-0.25, -0.2) is 9.97 Å². The van der Waals surface area contributed by atoms with Crippen LogP contribution in [0.4, 0.5) is 5.82 Å². The van der Waals surface area contributed by atoms with Gasteiger partial charge in [-0.1, -0.05) is 36.4 Å². The number of benzene rings is 1. The average molecular weight is 408 g/mol. The number of nitrogens with zero attached hydrogens (tertiary/aromatic N) is 4. The van der Waals surface area contributed by atoms with Crippen LogP contribution in [0.25, 0.3) is 0 Å². The lowest BCUT2D eigenvalue weighted by atomic mass is 10.1. The maximum Gasteiger partial charge on any atom is 0.259 e. The fourth-order valence-corrected chi connectivity index (χ4v) is 4.10. The van der Waals surface area contributed by atoms with E-state index in [0.29, 0.717) is 43.4 Å². The van der Waals surface area contributed by atoms with Gasteiger partial charge in [0.15, 0.2) is 5.82 Å². The molecule has 2 aromatic rings. The van der Waals surface area contributed by atoms with Crippen LogP contribution in [0.15, 0.2) is 49.2 Å². The van der Waals surface area contributed by atoms with E-state index in [9.17, 15) is 4.79 Å². The molecule has 2 aliphatic rings. The summed E-state index contributed by atoms with van der Waals surface area (Å²) in [4.78, 5) is 26.9. The Balaban J connectivity index is 1.74. The van der Waals surface area contributed by atoms with Crippen LogP contribution in [0.2, 0.25) is 0 Å². The Morgan fingerprint density at radius 3 is 2.80 bits per heavy atom. The van der Waals surface area contributed by atoms with E-state index in [1.807, 2.05) is 41.3 Å². The van der Waals surface area contributed by atoms with Gasteiger partial charge in [0.05, 0.1) is 12.6 Å². The zero-order chi connectivity index (χ0) is 21.1. The van der Waals surface area contributed by atoms with Gasteiger partial charge >= 0.3 is 0 Å². The third-order valence-electron chi connectivity index (χ3n) is 5.57. The first kappa shape index (κ1) is 20.5. The van der Waals surface area contributed by atoms with Crippen LogP contribution in [0, 0.1) is 0 Å². The number of hydrogen-bond donors (Lipinski definition) is 1. The zero-order valence-corrected chi connectivity index (χ0v) is 17.6. The number of carbonyl (C=O) groups excluding carboxylic acids is 1. The number of hydrogen-bond acceptors (Lipinski definition) is 6. The number of amides is 1. The van der Waals surface area contributed by atoms with Crippen molar-refractivity contribution in [1.29, 1.82) is 0 Å². The van der Waals surface area contributed by atoms with E-state index in [4.69, 9.17) is 9.72 Å². The van der Waals surface area contributed by atoms with Crippen molar-refractivity contribution < 1.29 is 9.53 Å². The van der Waals surface area contributed by atoms with Gasteiger partial charge in [0, 0.05) is 38.4 Å². The van der Waals surface area contributed by atoms with E-state index in [2.05, 4.69) is 35.6 Å². The molecule has 4 rings (SSSR count). The summed E-state index contributed by atoms with van der Waals surface area (Å²) >= 11 is 0. The first-order chi connectivity index (χ1) is 14.6. The average Bonchev–Trinajstić information content (AvgIpc) is 2.89. The third kappa shape index (κ3) is 4.08. The molecule has 158 valence electrons. The van der Waals surface area contributed by atoms with E-state index in [1.165, 1.54) is 0 Å². The number of aromatic nitrogens is 2. The van der Waals surface area contributed by atoms with Crippen molar-refractivity contribution in [2.24, 2.45) is 0 Å². The summed E-state index contributed by atoms with van der Waals surface area (Å²) in [5, 5.41) is 3.31. The van der Waals surface area contributed by atoms with E-state index in [-0.39, 0.29) is 24.1 Å². The molecule has 2 aliphatic heterocycles. The minimum atomic E-state index is -0.209. The third-order valence-corrected chi connectivity index (χ3v) is 5.57. The van der Waals surface area contributed by atoms with E-state index >= 15 is 0 Å². The van der Waals surface area contributed by atoms with Gasteiger partial charge in [0.25, 0.3) is 5.91 Å². The van der Waals surface area contributed by atoms with Gasteiger partial charge in [0.1, 0.15) is 17.5 Å². The Kier molecular flexibility index (Phi) is 6.11. The van der Waals surface area contributed by atoms with Crippen LogP contribution in [0.3, 0.4) is 0 Å². The quantitative estimate of drug-likeness (QED) is 0.769. The topological polar surface area (TPSA) is 70.6 Å². The second-order valence-electron chi connectivity index (χ2n) is 8.00. The Bertz CT molecular complexity index is 896. The highest BCUT2D eigenvalue weighted by Gasteiger charge is 2.35. The van der Waals surface area contributed by atoms with Gasteiger partial charge in [0.2, 0.25) is 0 Å². The van der Waals surface area contributed by atoms with Crippen LogP contribution in [-0.4, -0.2) is 59.1 Å². The molecular weight excluding hydrogens is 378 g/mol. The molecule has 1 amide bonds. The van der Waals surface area contributed by atoms with Crippen LogP contribution >= 0.6 is 0 Å². The van der Waals surface area contributed by atoms with Crippen molar-refractivity contribution in [2.45, 2.75) is 38.6 Å². The fourth-order valence-electron chi connectivity index (χ4n) is 4.10. The molecule has 1 aromatic carbocycles. The molecule has 1 aromatic heterocycles. The van der Waals surface area contributed by atoms with Gasteiger partial charge in [-0.3, -0.25) is 4.79 Å². The van der Waals surface area contributed by atoms with Crippen molar-refractivity contribution in [2.75, 3.05) is 31.1 Å². The lowest BCUT2D eigenvalue weighted by Gasteiger charge is -2.34. The molecule has 1 saturated heterocycles. The number of ether oxygens (including phenoxy) is 1. The molecule has 2 atom stereocenters. The van der Waals surface area contributed by atoms with Crippen molar-refractivity contribution in [1.82, 2.24) is 20.2 Å². The number of morpholine rings is 1. The zero-order valence-electron chi connectivity index (χ0n) is 17.6. The molecule has 0 saturated carbocycles. The van der Waals surface area contributed by atoms with Crippen LogP contribution < -0.4 is 10.2 Å². The second kappa shape index (κ2) is 8.93. The van der Waals surface area contributed by atoms with Gasteiger partial charge in [-0.15, -0.1) is 6.58 Å². The normalized spacial score (nSPS) is 22.0. The molecule has 0 radical (unpaired) electrons. The molecule has 2 unspecified atom stereocenters. The summed E-state index contributed by atoms with van der Waals surface area (Å²) in [5.41, 5.74) is 1.61. The largest absolute Gasteiger partial charge is 0.368 e. The standard InChI is InChI=1S/C23H29N5O2/c1-4-18-15-27(14-17-8-6-5-7-9-17)23(29)19-12-25-21(20-13-24-10-11-30-20)26-22(19)28(18)16(2)3/h4-9,12,16,18,20,24H,1,10-11,13-15H2,2-3H3. The summed E-state index contributed by atoms with van der Waals surface area (Å²) in [7, 11) is 0. The molecule has 0 spiro atoms. The Labute approximate surface area is 177 Å². The highest BCUT2D eigenvalue weighted by molar-refractivity contribution is 5.99. The lowest BCUT2D eigenvalue weighted by Crippen LogP contribution is -2.45. The van der Waals surface area contributed by atoms with Crippen molar-refractivity contribution >= 4 is 11.7 Å². The van der Waals surface area contributed by atoms with E-state index in [1.54, 1.807) is 6.20 Å². The lowest BCUT2D eigenvalue weighted by molar-refractivity contribution is 0.0221. The highest BCUT2D eigenvalue weighted by Crippen LogP contribution is 2.30. The Morgan fingerprint density at radius 2 is 2.13 bits per heavy atom. The highest BCUT2D eigenvalue weighted by atomic mass is 16.5. The maximum atomic E-state index is 13.5. The minimum absolute atomic E-state index is 0.0490. The minimum Gasteiger partial charge on any atom is -0.368 e. The van der Waals surface area contributed by atoms with Gasteiger partial charge in [-0.05, 0) is 19.4 Å². The molecule has 0 aliphatic carbocycles. The van der Waals surface area contributed by atoms with Gasteiger partial charge in [-0.2, -0.15) is 0 Å². The molecule has 30 heavy (non-hydrogen) atoms. The summed E-state index contributed by atoms with van der Waals surface area (Å²) in [5.74, 6) is 1.21. The summed E-state index contributed by atoms with van der Waals surface area (Å²) in [6.45, 7) is 11.5. The predicted octanol–water partition coefficient (Wildman–Crippen LogP) is 2.56. The number of carbonyl (C=O) groups is 1. The smallest absolute Gasteiger partial charge is 0.259 e. The van der Waals surface area contributed by atoms with Crippen molar-refractivity contribution in [3.05, 3.63) is 66.1 Å². The SMILES string of the molecule is C=CC1CN(Cc2ccccc2)C(=O)c2cnc(C3CNCCO3)nc2N1C(C)C. The number of anilines is 1. The summed E-state index contributed by atoms with van der Waals surface area (Å²) < 4.78 is 5.84.